The maximum Gasteiger partial charge on any atom is 0.312 e. The molecule has 0 aliphatic carbocycles. The Labute approximate surface area is 195 Å². The first-order valence-corrected chi connectivity index (χ1v) is 10.8. The maximum atomic E-state index is 14.1. The van der Waals surface area contributed by atoms with Crippen LogP contribution in [0.3, 0.4) is 0 Å². The highest BCUT2D eigenvalue weighted by molar-refractivity contribution is 5.99. The number of carbonyl (C=O) groups is 2. The van der Waals surface area contributed by atoms with E-state index in [-0.39, 0.29) is 23.6 Å². The topological polar surface area (TPSA) is 83.2 Å². The molecule has 0 unspecified atom stereocenters. The highest BCUT2D eigenvalue weighted by Gasteiger charge is 2.20. The van der Waals surface area contributed by atoms with Gasteiger partial charge in [0.25, 0.3) is 5.56 Å². The second kappa shape index (κ2) is 9.05. The van der Waals surface area contributed by atoms with E-state index in [1.165, 1.54) is 17.8 Å². The smallest absolute Gasteiger partial charge is 0.312 e. The van der Waals surface area contributed by atoms with Crippen LogP contribution >= 0.6 is 0 Å². The van der Waals surface area contributed by atoms with E-state index in [9.17, 15) is 18.8 Å². The molecule has 0 atom stereocenters. The van der Waals surface area contributed by atoms with Gasteiger partial charge in [-0.25, -0.2) is 9.07 Å². The largest absolute Gasteiger partial charge is 0.457 e. The molecule has 4 rings (SSSR count). The van der Waals surface area contributed by atoms with Crippen LogP contribution in [-0.4, -0.2) is 32.7 Å². The summed E-state index contributed by atoms with van der Waals surface area (Å²) in [5.74, 6) is -1.32. The second-order valence-electron chi connectivity index (χ2n) is 8.24. The summed E-state index contributed by atoms with van der Waals surface area (Å²) >= 11 is 0. The van der Waals surface area contributed by atoms with Crippen molar-refractivity contribution < 1.29 is 18.7 Å². The van der Waals surface area contributed by atoms with Gasteiger partial charge in [0.15, 0.2) is 6.61 Å². The van der Waals surface area contributed by atoms with Crippen LogP contribution < -0.4 is 5.56 Å². The van der Waals surface area contributed by atoms with E-state index in [1.807, 2.05) is 6.92 Å². The summed E-state index contributed by atoms with van der Waals surface area (Å²) in [6, 6.07) is 13.5. The first-order valence-electron chi connectivity index (χ1n) is 10.8. The monoisotopic (exact) mass is 461 g/mol. The van der Waals surface area contributed by atoms with Gasteiger partial charge in [-0.05, 0) is 50.6 Å². The number of benzene rings is 2. The molecule has 2 aromatic carbocycles. The molecule has 0 saturated heterocycles. The van der Waals surface area contributed by atoms with Gasteiger partial charge in [0.2, 0.25) is 5.78 Å². The second-order valence-corrected chi connectivity index (χ2v) is 8.24. The normalized spacial score (nSPS) is 11.1. The molecule has 2 aromatic heterocycles. The summed E-state index contributed by atoms with van der Waals surface area (Å²) in [5, 5.41) is 5.22. The van der Waals surface area contributed by atoms with Crippen molar-refractivity contribution in [1.82, 2.24) is 14.3 Å². The van der Waals surface area contributed by atoms with E-state index in [0.717, 1.165) is 5.69 Å². The first-order chi connectivity index (χ1) is 16.2. The minimum Gasteiger partial charge on any atom is -0.457 e. The van der Waals surface area contributed by atoms with Crippen molar-refractivity contribution in [2.75, 3.05) is 6.61 Å². The Morgan fingerprint density at radius 1 is 1.03 bits per heavy atom. The molecular formula is C26H24FN3O4. The van der Waals surface area contributed by atoms with Crippen LogP contribution in [-0.2, 0) is 23.0 Å². The molecule has 174 valence electrons. The number of Topliss-reactive ketones (excluding diaryl/α,β-unsaturated/α-hetero) is 1. The lowest BCUT2D eigenvalue weighted by molar-refractivity contribution is -0.141. The number of esters is 1. The third kappa shape index (κ3) is 4.26. The van der Waals surface area contributed by atoms with Gasteiger partial charge in [-0.2, -0.15) is 5.10 Å². The number of hydrogen-bond donors (Lipinski definition) is 0. The molecule has 0 spiro atoms. The number of nitrogens with zero attached hydrogens (tertiary/aromatic N) is 3. The Morgan fingerprint density at radius 2 is 1.74 bits per heavy atom. The van der Waals surface area contributed by atoms with Gasteiger partial charge in [0.05, 0.1) is 17.5 Å². The Bertz CT molecular complexity index is 1500. The number of halogens is 1. The number of aromatic nitrogens is 3. The van der Waals surface area contributed by atoms with Gasteiger partial charge in [0.1, 0.15) is 5.82 Å². The lowest BCUT2D eigenvalue weighted by atomic mass is 10.1. The summed E-state index contributed by atoms with van der Waals surface area (Å²) in [5.41, 5.74) is 3.08. The van der Waals surface area contributed by atoms with Crippen molar-refractivity contribution in [2.45, 2.75) is 27.2 Å². The van der Waals surface area contributed by atoms with Gasteiger partial charge in [-0.3, -0.25) is 14.4 Å². The predicted molar refractivity (Wildman–Crippen MR) is 126 cm³/mol. The third-order valence-electron chi connectivity index (χ3n) is 5.85. The lowest BCUT2D eigenvalue weighted by Gasteiger charge is -2.11. The van der Waals surface area contributed by atoms with Crippen LogP contribution in [0.1, 0.15) is 33.0 Å². The molecule has 0 bridgehead atoms. The van der Waals surface area contributed by atoms with Crippen molar-refractivity contribution in [1.29, 1.82) is 0 Å². The molecule has 0 radical (unpaired) electrons. The fourth-order valence-corrected chi connectivity index (χ4v) is 4.08. The van der Waals surface area contributed by atoms with Gasteiger partial charge >= 0.3 is 5.97 Å². The summed E-state index contributed by atoms with van der Waals surface area (Å²) in [6.07, 6.45) is -0.177. The zero-order chi connectivity index (χ0) is 24.6. The van der Waals surface area contributed by atoms with Gasteiger partial charge in [-0.1, -0.05) is 24.3 Å². The minimum atomic E-state index is -0.626. The fraction of sp³-hybridized carbons (Fsp3) is 0.231. The zero-order valence-corrected chi connectivity index (χ0v) is 19.4. The lowest BCUT2D eigenvalue weighted by Crippen LogP contribution is -2.23. The molecule has 34 heavy (non-hydrogen) atoms. The quantitative estimate of drug-likeness (QED) is 0.323. The predicted octanol–water partition coefficient (Wildman–Crippen LogP) is 3.76. The number of ether oxygens (including phenoxy) is 1. The first kappa shape index (κ1) is 23.1. The average Bonchev–Trinajstić information content (AvgIpc) is 3.11. The summed E-state index contributed by atoms with van der Waals surface area (Å²) in [4.78, 5) is 37.6. The number of fused-ring (bicyclic) bond motifs is 1. The van der Waals surface area contributed by atoms with Crippen molar-refractivity contribution >= 4 is 22.5 Å². The van der Waals surface area contributed by atoms with Crippen LogP contribution in [0.25, 0.3) is 16.5 Å². The van der Waals surface area contributed by atoms with Crippen LogP contribution in [0.15, 0.2) is 53.3 Å². The summed E-state index contributed by atoms with van der Waals surface area (Å²) in [6.45, 7) is 4.84. The Kier molecular flexibility index (Phi) is 6.15. The van der Waals surface area contributed by atoms with Crippen molar-refractivity contribution in [3.05, 3.63) is 92.9 Å². The molecule has 0 aliphatic heterocycles. The molecule has 4 aromatic rings. The van der Waals surface area contributed by atoms with E-state index >= 15 is 0 Å². The molecule has 7 nitrogen and oxygen atoms in total. The number of ketones is 1. The van der Waals surface area contributed by atoms with Crippen LogP contribution in [0.2, 0.25) is 0 Å². The van der Waals surface area contributed by atoms with E-state index < -0.39 is 12.6 Å². The molecule has 0 N–H and O–H groups in total. The molecule has 2 heterocycles. The maximum absolute atomic E-state index is 14.1. The number of carbonyl (C=O) groups excluding carboxylic acids is 2. The number of aryl methyl sites for hydroxylation is 3. The molecular weight excluding hydrogens is 437 g/mol. The Balaban J connectivity index is 1.50. The van der Waals surface area contributed by atoms with Gasteiger partial charge < -0.3 is 9.30 Å². The molecule has 0 aliphatic rings. The standard InChI is InChI=1S/C26H24FN3O4/c1-15-9-10-18(12-22(15)27)30-16(2)11-21(17(30)3)24(31)14-34-25(32)13-23-19-7-5-6-8-20(19)26(33)29(4)28-23/h5-12H,13-14H2,1-4H3. The SMILES string of the molecule is Cc1ccc(-n2c(C)cc(C(=O)COC(=O)Cc3nn(C)c(=O)c4ccccc34)c2C)cc1F. The van der Waals surface area contributed by atoms with Gasteiger partial charge in [-0.15, -0.1) is 0 Å². The van der Waals surface area contributed by atoms with E-state index in [1.54, 1.807) is 60.9 Å². The average molecular weight is 461 g/mol. The van der Waals surface area contributed by atoms with Crippen molar-refractivity contribution in [3.8, 4) is 5.69 Å². The van der Waals surface area contributed by atoms with Crippen LogP contribution in [0.5, 0.6) is 0 Å². The fourth-order valence-electron chi connectivity index (χ4n) is 4.08. The minimum absolute atomic E-state index is 0.177. The Hall–Kier alpha value is -4.07. The van der Waals surface area contributed by atoms with Crippen molar-refractivity contribution in [2.24, 2.45) is 7.05 Å². The van der Waals surface area contributed by atoms with Crippen molar-refractivity contribution in [3.63, 3.8) is 0 Å². The highest BCUT2D eigenvalue weighted by atomic mass is 19.1. The number of hydrogen-bond acceptors (Lipinski definition) is 5. The zero-order valence-electron chi connectivity index (χ0n) is 19.4. The highest BCUT2D eigenvalue weighted by Crippen LogP contribution is 2.23. The van der Waals surface area contributed by atoms with Gasteiger partial charge in [0, 0.05) is 35.1 Å². The van der Waals surface area contributed by atoms with E-state index in [0.29, 0.717) is 39.0 Å². The number of rotatable bonds is 6. The van der Waals surface area contributed by atoms with E-state index in [4.69, 9.17) is 4.74 Å². The molecule has 0 saturated carbocycles. The third-order valence-corrected chi connectivity index (χ3v) is 5.85. The molecule has 8 heteroatoms. The summed E-state index contributed by atoms with van der Waals surface area (Å²) in [7, 11) is 1.52. The summed E-state index contributed by atoms with van der Waals surface area (Å²) < 4.78 is 22.3. The Morgan fingerprint density at radius 3 is 2.44 bits per heavy atom. The van der Waals surface area contributed by atoms with Crippen LogP contribution in [0, 0.1) is 26.6 Å². The molecule has 0 fully saturated rings. The van der Waals surface area contributed by atoms with Crippen LogP contribution in [0.4, 0.5) is 4.39 Å². The van der Waals surface area contributed by atoms with E-state index in [2.05, 4.69) is 5.10 Å². The molecule has 0 amide bonds.